The Bertz CT molecular complexity index is 644. The average Bonchev–Trinajstić information content (AvgIpc) is 2.89. The number of carbonyl (C=O) groups excluding carboxylic acids is 1. The molecule has 1 aliphatic heterocycles. The number of hydrogen-bond acceptors (Lipinski definition) is 2. The average molecular weight is 292 g/mol. The summed E-state index contributed by atoms with van der Waals surface area (Å²) in [5.41, 5.74) is 2.50. The number of halogens is 1. The summed E-state index contributed by atoms with van der Waals surface area (Å²) in [6.45, 7) is 3.83. The van der Waals surface area contributed by atoms with Crippen LogP contribution in [0.2, 0.25) is 5.02 Å². The number of aromatic amines is 1. The summed E-state index contributed by atoms with van der Waals surface area (Å²) in [6, 6.07) is 5.89. The van der Waals surface area contributed by atoms with Crippen molar-refractivity contribution in [2.24, 2.45) is 0 Å². The number of hydrogen-bond donors (Lipinski definition) is 3. The molecule has 1 aromatic carbocycles. The highest BCUT2D eigenvalue weighted by Gasteiger charge is 2.18. The smallest absolute Gasteiger partial charge is 0.267 e. The van der Waals surface area contributed by atoms with Crippen LogP contribution in [0.1, 0.15) is 28.9 Å². The molecule has 3 rings (SSSR count). The van der Waals surface area contributed by atoms with Gasteiger partial charge in [0.25, 0.3) is 5.91 Å². The lowest BCUT2D eigenvalue weighted by Gasteiger charge is -2.23. The Kier molecular flexibility index (Phi) is 3.68. The van der Waals surface area contributed by atoms with Crippen LogP contribution in [0.15, 0.2) is 18.2 Å². The van der Waals surface area contributed by atoms with Gasteiger partial charge in [-0.15, -0.1) is 0 Å². The number of piperidine rings is 1. The minimum atomic E-state index is -0.0505. The van der Waals surface area contributed by atoms with Crippen LogP contribution in [-0.2, 0) is 0 Å². The zero-order valence-electron chi connectivity index (χ0n) is 11.4. The third-order valence-electron chi connectivity index (χ3n) is 3.87. The van der Waals surface area contributed by atoms with E-state index in [4.69, 9.17) is 11.6 Å². The number of carbonyl (C=O) groups is 1. The summed E-state index contributed by atoms with van der Waals surface area (Å²) < 4.78 is 0. The van der Waals surface area contributed by atoms with E-state index in [1.807, 2.05) is 25.1 Å². The van der Waals surface area contributed by atoms with Gasteiger partial charge in [-0.3, -0.25) is 4.79 Å². The van der Waals surface area contributed by atoms with Crippen LogP contribution in [0.3, 0.4) is 0 Å². The molecule has 0 bridgehead atoms. The lowest BCUT2D eigenvalue weighted by atomic mass is 10.1. The molecule has 4 nitrogen and oxygen atoms in total. The Balaban J connectivity index is 1.82. The van der Waals surface area contributed by atoms with Crippen molar-refractivity contribution in [3.63, 3.8) is 0 Å². The minimum absolute atomic E-state index is 0.0505. The van der Waals surface area contributed by atoms with E-state index in [0.717, 1.165) is 42.4 Å². The zero-order valence-corrected chi connectivity index (χ0v) is 12.2. The molecule has 1 fully saturated rings. The first-order chi connectivity index (χ1) is 9.65. The third-order valence-corrected chi connectivity index (χ3v) is 4.28. The summed E-state index contributed by atoms with van der Waals surface area (Å²) in [4.78, 5) is 15.5. The standard InChI is InChI=1S/C15H18ClN3O/c1-9-12(16)5-4-10-7-13(19-14(9)10)15(20)18-11-3-2-6-17-8-11/h4-5,7,11,17,19H,2-3,6,8H2,1H3,(H,18,20)/t11-/m1/s1. The highest BCUT2D eigenvalue weighted by atomic mass is 35.5. The molecule has 0 aliphatic carbocycles. The summed E-state index contributed by atoms with van der Waals surface area (Å²) >= 11 is 6.10. The molecule has 20 heavy (non-hydrogen) atoms. The molecule has 106 valence electrons. The number of aromatic nitrogens is 1. The maximum Gasteiger partial charge on any atom is 0.267 e. The second kappa shape index (κ2) is 5.46. The lowest BCUT2D eigenvalue weighted by Crippen LogP contribution is -2.45. The number of H-pyrrole nitrogens is 1. The highest BCUT2D eigenvalue weighted by Crippen LogP contribution is 2.25. The zero-order chi connectivity index (χ0) is 14.1. The van der Waals surface area contributed by atoms with E-state index in [1.54, 1.807) is 0 Å². The number of benzene rings is 1. The van der Waals surface area contributed by atoms with Gasteiger partial charge in [0.05, 0.1) is 5.52 Å². The fourth-order valence-electron chi connectivity index (χ4n) is 2.68. The number of nitrogens with one attached hydrogen (secondary N) is 3. The maximum atomic E-state index is 12.3. The van der Waals surface area contributed by atoms with Crippen LogP contribution in [0, 0.1) is 6.92 Å². The largest absolute Gasteiger partial charge is 0.350 e. The highest BCUT2D eigenvalue weighted by molar-refractivity contribution is 6.32. The molecule has 1 atom stereocenters. The molecule has 0 saturated carbocycles. The van der Waals surface area contributed by atoms with Crippen LogP contribution in [0.4, 0.5) is 0 Å². The van der Waals surface area contributed by atoms with Crippen molar-refractivity contribution >= 4 is 28.4 Å². The Labute approximate surface area is 122 Å². The monoisotopic (exact) mass is 291 g/mol. The van der Waals surface area contributed by atoms with E-state index in [0.29, 0.717) is 10.7 Å². The molecule has 1 aliphatic rings. The molecule has 2 aromatic rings. The van der Waals surface area contributed by atoms with E-state index in [-0.39, 0.29) is 11.9 Å². The second-order valence-electron chi connectivity index (χ2n) is 5.34. The Morgan fingerprint density at radius 2 is 2.30 bits per heavy atom. The summed E-state index contributed by atoms with van der Waals surface area (Å²) in [5, 5.41) is 8.08. The van der Waals surface area contributed by atoms with Crippen molar-refractivity contribution < 1.29 is 4.79 Å². The van der Waals surface area contributed by atoms with E-state index >= 15 is 0 Å². The van der Waals surface area contributed by atoms with Crippen LogP contribution in [0.25, 0.3) is 10.9 Å². The molecule has 0 radical (unpaired) electrons. The Morgan fingerprint density at radius 3 is 3.05 bits per heavy atom. The number of fused-ring (bicyclic) bond motifs is 1. The van der Waals surface area contributed by atoms with Crippen molar-refractivity contribution in [1.29, 1.82) is 0 Å². The van der Waals surface area contributed by atoms with Gasteiger partial charge in [0.1, 0.15) is 5.69 Å². The summed E-state index contributed by atoms with van der Waals surface area (Å²) in [5.74, 6) is -0.0505. The number of amides is 1. The summed E-state index contributed by atoms with van der Waals surface area (Å²) in [7, 11) is 0. The predicted octanol–water partition coefficient (Wildman–Crippen LogP) is 2.61. The quantitative estimate of drug-likeness (QED) is 0.797. The van der Waals surface area contributed by atoms with Crippen LogP contribution in [0.5, 0.6) is 0 Å². The molecule has 3 N–H and O–H groups in total. The first-order valence-electron chi connectivity index (χ1n) is 6.94. The molecule has 2 heterocycles. The van der Waals surface area contributed by atoms with Gasteiger partial charge in [0.2, 0.25) is 0 Å². The van der Waals surface area contributed by atoms with Crippen LogP contribution >= 0.6 is 11.6 Å². The molecular weight excluding hydrogens is 274 g/mol. The topological polar surface area (TPSA) is 56.9 Å². The first-order valence-corrected chi connectivity index (χ1v) is 7.32. The second-order valence-corrected chi connectivity index (χ2v) is 5.74. The normalized spacial score (nSPS) is 19.2. The van der Waals surface area contributed by atoms with Crippen LogP contribution in [-0.4, -0.2) is 30.0 Å². The minimum Gasteiger partial charge on any atom is -0.350 e. The van der Waals surface area contributed by atoms with Gasteiger partial charge in [0, 0.05) is 23.0 Å². The van der Waals surface area contributed by atoms with Gasteiger partial charge >= 0.3 is 0 Å². The molecule has 1 aromatic heterocycles. The van der Waals surface area contributed by atoms with Gasteiger partial charge in [-0.2, -0.15) is 0 Å². The number of aryl methyl sites for hydroxylation is 1. The van der Waals surface area contributed by atoms with Crippen molar-refractivity contribution in [2.75, 3.05) is 13.1 Å². The molecule has 5 heteroatoms. The van der Waals surface area contributed by atoms with Crippen LogP contribution < -0.4 is 10.6 Å². The van der Waals surface area contributed by atoms with E-state index in [9.17, 15) is 4.79 Å². The van der Waals surface area contributed by atoms with Gasteiger partial charge in [0.15, 0.2) is 0 Å². The molecule has 0 unspecified atom stereocenters. The third kappa shape index (κ3) is 2.53. The lowest BCUT2D eigenvalue weighted by molar-refractivity contribution is 0.0926. The fourth-order valence-corrected chi connectivity index (χ4v) is 2.84. The van der Waals surface area contributed by atoms with Gasteiger partial charge < -0.3 is 15.6 Å². The van der Waals surface area contributed by atoms with E-state index in [1.165, 1.54) is 0 Å². The van der Waals surface area contributed by atoms with Crippen molar-refractivity contribution in [1.82, 2.24) is 15.6 Å². The van der Waals surface area contributed by atoms with Crippen molar-refractivity contribution in [2.45, 2.75) is 25.8 Å². The van der Waals surface area contributed by atoms with Crippen molar-refractivity contribution in [3.05, 3.63) is 34.5 Å². The van der Waals surface area contributed by atoms with Gasteiger partial charge in [-0.05, 0) is 44.0 Å². The van der Waals surface area contributed by atoms with Gasteiger partial charge in [-0.25, -0.2) is 0 Å². The maximum absolute atomic E-state index is 12.3. The van der Waals surface area contributed by atoms with Gasteiger partial charge in [-0.1, -0.05) is 17.7 Å². The molecule has 1 amide bonds. The molecule has 0 spiro atoms. The van der Waals surface area contributed by atoms with E-state index in [2.05, 4.69) is 15.6 Å². The Hall–Kier alpha value is -1.52. The van der Waals surface area contributed by atoms with Crippen molar-refractivity contribution in [3.8, 4) is 0 Å². The Morgan fingerprint density at radius 1 is 1.45 bits per heavy atom. The SMILES string of the molecule is Cc1c(Cl)ccc2cc(C(=O)N[C@@H]3CCCNC3)[nH]c12. The fraction of sp³-hybridized carbons (Fsp3) is 0.400. The molecular formula is C15H18ClN3O. The predicted molar refractivity (Wildman–Crippen MR) is 81.4 cm³/mol. The first kappa shape index (κ1) is 13.5. The molecule has 1 saturated heterocycles. The summed E-state index contributed by atoms with van der Waals surface area (Å²) in [6.07, 6.45) is 2.14. The number of rotatable bonds is 2. The van der Waals surface area contributed by atoms with E-state index < -0.39 is 0 Å².